The fraction of sp³-hybridized carbons (Fsp3) is 0.407. The Morgan fingerprint density at radius 1 is 1.17 bits per heavy atom. The second-order valence-electron chi connectivity index (χ2n) is 9.45. The van der Waals surface area contributed by atoms with Gasteiger partial charge in [0.1, 0.15) is 6.04 Å². The molecule has 2 heterocycles. The number of hydrazine groups is 1. The van der Waals surface area contributed by atoms with Crippen LogP contribution in [0.5, 0.6) is 0 Å². The Morgan fingerprint density at radius 3 is 2.66 bits per heavy atom. The molecule has 2 aliphatic heterocycles. The van der Waals surface area contributed by atoms with Crippen LogP contribution in [0.2, 0.25) is 0 Å². The van der Waals surface area contributed by atoms with Crippen LogP contribution in [0, 0.1) is 24.2 Å². The molecule has 0 spiro atoms. The third-order valence-corrected chi connectivity index (χ3v) is 6.93. The number of carbonyl (C=O) groups excluding carboxylic acids is 3. The Bertz CT molecular complexity index is 1140. The highest BCUT2D eigenvalue weighted by molar-refractivity contribution is 5.96. The maximum atomic E-state index is 13.1. The van der Waals surface area contributed by atoms with Crippen molar-refractivity contribution in [2.45, 2.75) is 57.7 Å². The summed E-state index contributed by atoms with van der Waals surface area (Å²) in [6.45, 7) is 3.78. The molecule has 0 bridgehead atoms. The number of likely N-dealkylation sites (tertiary alicyclic amines) is 1. The molecule has 8 heteroatoms. The van der Waals surface area contributed by atoms with E-state index in [1.165, 1.54) is 0 Å². The number of carbonyl (C=O) groups is 3. The van der Waals surface area contributed by atoms with Gasteiger partial charge in [-0.15, -0.1) is 0 Å². The molecule has 2 aromatic rings. The summed E-state index contributed by atoms with van der Waals surface area (Å²) < 4.78 is 0. The molecule has 0 saturated carbocycles. The van der Waals surface area contributed by atoms with Crippen LogP contribution in [-0.2, 0) is 16.0 Å². The summed E-state index contributed by atoms with van der Waals surface area (Å²) in [5.74, 6) is -0.747. The molecule has 8 nitrogen and oxygen atoms in total. The molecular weight excluding hydrogens is 442 g/mol. The first kappa shape index (κ1) is 24.4. The van der Waals surface area contributed by atoms with Crippen LogP contribution >= 0.6 is 0 Å². The lowest BCUT2D eigenvalue weighted by molar-refractivity contribution is -0.132. The van der Waals surface area contributed by atoms with E-state index in [9.17, 15) is 19.6 Å². The molecule has 3 amide bonds. The largest absolute Gasteiger partial charge is 0.343 e. The van der Waals surface area contributed by atoms with Gasteiger partial charge in [0, 0.05) is 17.5 Å². The van der Waals surface area contributed by atoms with Gasteiger partial charge in [-0.05, 0) is 68.4 Å². The molecule has 35 heavy (non-hydrogen) atoms. The minimum absolute atomic E-state index is 0.0192. The average molecular weight is 474 g/mol. The van der Waals surface area contributed by atoms with E-state index in [0.29, 0.717) is 18.4 Å². The monoisotopic (exact) mass is 473 g/mol. The van der Waals surface area contributed by atoms with Gasteiger partial charge in [0.05, 0.1) is 18.7 Å². The molecule has 4 rings (SSSR count). The van der Waals surface area contributed by atoms with Gasteiger partial charge < -0.3 is 10.2 Å². The summed E-state index contributed by atoms with van der Waals surface area (Å²) in [6, 6.07) is 16.8. The molecule has 0 aromatic heterocycles. The predicted octanol–water partition coefficient (Wildman–Crippen LogP) is 2.55. The van der Waals surface area contributed by atoms with Crippen molar-refractivity contribution >= 4 is 17.7 Å². The van der Waals surface area contributed by atoms with Crippen molar-refractivity contribution in [3.8, 4) is 6.07 Å². The number of hydrogen-bond acceptors (Lipinski definition) is 5. The Morgan fingerprint density at radius 2 is 1.94 bits per heavy atom. The van der Waals surface area contributed by atoms with Crippen LogP contribution in [-0.4, -0.2) is 41.2 Å². The summed E-state index contributed by atoms with van der Waals surface area (Å²) >= 11 is 0. The SMILES string of the molecule is Cc1cc(C(=O)NCC(=O)N2[C@@H](C#N)CC[C@H]2c2ccccc2)ccc1CC1CC(C)NNC1=O. The Balaban J connectivity index is 1.38. The molecule has 3 N–H and O–H groups in total. The minimum atomic E-state index is -0.499. The highest BCUT2D eigenvalue weighted by Crippen LogP contribution is 2.35. The first-order valence-corrected chi connectivity index (χ1v) is 12.1. The minimum Gasteiger partial charge on any atom is -0.343 e. The number of amides is 3. The highest BCUT2D eigenvalue weighted by Gasteiger charge is 2.37. The van der Waals surface area contributed by atoms with Crippen molar-refractivity contribution in [2.75, 3.05) is 6.54 Å². The topological polar surface area (TPSA) is 114 Å². The average Bonchev–Trinajstić information content (AvgIpc) is 3.30. The number of nitrogens with one attached hydrogen (secondary N) is 3. The summed E-state index contributed by atoms with van der Waals surface area (Å²) in [4.78, 5) is 39.6. The Kier molecular flexibility index (Phi) is 7.47. The number of aryl methyl sites for hydroxylation is 1. The Hall–Kier alpha value is -3.70. The van der Waals surface area contributed by atoms with Gasteiger partial charge in [-0.2, -0.15) is 5.26 Å². The summed E-state index contributed by atoms with van der Waals surface area (Å²) in [5, 5.41) is 12.3. The van der Waals surface area contributed by atoms with Gasteiger partial charge >= 0.3 is 0 Å². The van der Waals surface area contributed by atoms with E-state index in [2.05, 4.69) is 22.2 Å². The highest BCUT2D eigenvalue weighted by atomic mass is 16.2. The lowest BCUT2D eigenvalue weighted by atomic mass is 9.89. The van der Waals surface area contributed by atoms with E-state index < -0.39 is 6.04 Å². The van der Waals surface area contributed by atoms with Gasteiger partial charge in [-0.3, -0.25) is 19.8 Å². The standard InChI is InChI=1S/C27H31N5O3/c1-17-12-21(9-8-20(17)14-22-13-18(2)30-31-27(22)35)26(34)29-16-25(33)32-23(15-28)10-11-24(32)19-6-4-3-5-7-19/h3-9,12,18,22-24,30H,10-11,13-14,16H2,1-2H3,(H,29,34)(H,31,35)/t18?,22?,23-,24+/m1/s1. The third kappa shape index (κ3) is 5.52. The predicted molar refractivity (Wildman–Crippen MR) is 131 cm³/mol. The number of nitrogens with zero attached hydrogens (tertiary/aromatic N) is 2. The second kappa shape index (κ2) is 10.7. The van der Waals surface area contributed by atoms with Crippen molar-refractivity contribution in [2.24, 2.45) is 5.92 Å². The zero-order chi connectivity index (χ0) is 24.9. The zero-order valence-corrected chi connectivity index (χ0v) is 20.1. The first-order chi connectivity index (χ1) is 16.9. The van der Waals surface area contributed by atoms with Crippen molar-refractivity contribution in [3.63, 3.8) is 0 Å². The lowest BCUT2D eigenvalue weighted by Gasteiger charge is -2.28. The molecule has 4 atom stereocenters. The van der Waals surface area contributed by atoms with E-state index in [-0.39, 0.29) is 42.3 Å². The fourth-order valence-corrected chi connectivity index (χ4v) is 5.03. The van der Waals surface area contributed by atoms with Gasteiger partial charge in [-0.25, -0.2) is 5.43 Å². The lowest BCUT2D eigenvalue weighted by Crippen LogP contribution is -2.52. The second-order valence-corrected chi connectivity index (χ2v) is 9.45. The number of rotatable bonds is 6. The smallest absolute Gasteiger partial charge is 0.251 e. The van der Waals surface area contributed by atoms with Crippen LogP contribution in [0.15, 0.2) is 48.5 Å². The number of benzene rings is 2. The summed E-state index contributed by atoms with van der Waals surface area (Å²) in [5.41, 5.74) is 9.06. The van der Waals surface area contributed by atoms with E-state index in [0.717, 1.165) is 29.5 Å². The van der Waals surface area contributed by atoms with E-state index in [4.69, 9.17) is 0 Å². The molecule has 2 aromatic carbocycles. The molecule has 182 valence electrons. The van der Waals surface area contributed by atoms with Crippen molar-refractivity contribution in [1.29, 1.82) is 5.26 Å². The van der Waals surface area contributed by atoms with Crippen molar-refractivity contribution in [1.82, 2.24) is 21.1 Å². The fourth-order valence-electron chi connectivity index (χ4n) is 5.03. The molecule has 2 fully saturated rings. The van der Waals surface area contributed by atoms with Gasteiger partial charge in [0.25, 0.3) is 5.91 Å². The van der Waals surface area contributed by atoms with Crippen LogP contribution < -0.4 is 16.2 Å². The van der Waals surface area contributed by atoms with E-state index in [1.807, 2.05) is 50.2 Å². The number of nitriles is 1. The van der Waals surface area contributed by atoms with E-state index >= 15 is 0 Å². The van der Waals surface area contributed by atoms with Crippen LogP contribution in [0.1, 0.15) is 59.3 Å². The molecule has 2 unspecified atom stereocenters. The Labute approximate surface area is 205 Å². The van der Waals surface area contributed by atoms with E-state index in [1.54, 1.807) is 17.0 Å². The molecule has 0 radical (unpaired) electrons. The first-order valence-electron chi connectivity index (χ1n) is 12.1. The zero-order valence-electron chi connectivity index (χ0n) is 20.1. The molecule has 0 aliphatic carbocycles. The summed E-state index contributed by atoms with van der Waals surface area (Å²) in [6.07, 6.45) is 2.69. The van der Waals surface area contributed by atoms with Gasteiger partial charge in [-0.1, -0.05) is 36.4 Å². The normalized spacial score (nSPS) is 23.9. The van der Waals surface area contributed by atoms with Crippen molar-refractivity contribution < 1.29 is 14.4 Å². The maximum Gasteiger partial charge on any atom is 0.251 e. The van der Waals surface area contributed by atoms with Gasteiger partial charge in [0.15, 0.2) is 0 Å². The maximum absolute atomic E-state index is 13.1. The third-order valence-electron chi connectivity index (χ3n) is 6.93. The van der Waals surface area contributed by atoms with Crippen LogP contribution in [0.25, 0.3) is 0 Å². The van der Waals surface area contributed by atoms with Crippen LogP contribution in [0.3, 0.4) is 0 Å². The van der Waals surface area contributed by atoms with Crippen molar-refractivity contribution in [3.05, 3.63) is 70.8 Å². The van der Waals surface area contributed by atoms with Gasteiger partial charge in [0.2, 0.25) is 11.8 Å². The summed E-state index contributed by atoms with van der Waals surface area (Å²) in [7, 11) is 0. The molecule has 2 aliphatic rings. The molecule has 2 saturated heterocycles. The number of hydrogen-bond donors (Lipinski definition) is 3. The van der Waals surface area contributed by atoms with Crippen LogP contribution in [0.4, 0.5) is 0 Å². The quantitative estimate of drug-likeness (QED) is 0.597. The molecular formula is C27H31N5O3.